The third-order valence-electron chi connectivity index (χ3n) is 3.32. The number of hydrogen-bond acceptors (Lipinski definition) is 3. The molecular formula is C17H16N2OS. The Labute approximate surface area is 128 Å². The third kappa shape index (κ3) is 3.04. The number of rotatable bonds is 5. The number of nitrogens with zero attached hydrogens (tertiary/aromatic N) is 2. The Morgan fingerprint density at radius 3 is 2.86 bits per heavy atom. The van der Waals surface area contributed by atoms with Gasteiger partial charge in [0.1, 0.15) is 11.6 Å². The third-order valence-corrected chi connectivity index (χ3v) is 4.14. The summed E-state index contributed by atoms with van der Waals surface area (Å²) in [5.41, 5.74) is 2.60. The lowest BCUT2D eigenvalue weighted by molar-refractivity contribution is 0.103. The van der Waals surface area contributed by atoms with Gasteiger partial charge >= 0.3 is 0 Å². The molecule has 0 saturated heterocycles. The van der Waals surface area contributed by atoms with Gasteiger partial charge in [-0.15, -0.1) is 17.9 Å². The fourth-order valence-electron chi connectivity index (χ4n) is 2.25. The molecular weight excluding hydrogens is 280 g/mol. The zero-order valence-corrected chi connectivity index (χ0v) is 12.9. The highest BCUT2D eigenvalue weighted by Crippen LogP contribution is 2.21. The molecule has 0 amide bonds. The van der Waals surface area contributed by atoms with E-state index in [0.717, 1.165) is 16.3 Å². The number of carbonyl (C=O) groups excluding carboxylic acids is 1. The Morgan fingerprint density at radius 2 is 2.29 bits per heavy atom. The summed E-state index contributed by atoms with van der Waals surface area (Å²) in [6.07, 6.45) is 3.44. The summed E-state index contributed by atoms with van der Waals surface area (Å²) in [5, 5.41) is 11.2. The summed E-state index contributed by atoms with van der Waals surface area (Å²) in [6, 6.07) is 7.63. The lowest BCUT2D eigenvalue weighted by Crippen LogP contribution is -2.05. The van der Waals surface area contributed by atoms with Crippen LogP contribution in [0.2, 0.25) is 0 Å². The predicted molar refractivity (Wildman–Crippen MR) is 86.3 cm³/mol. The van der Waals surface area contributed by atoms with Crippen LogP contribution in [-0.2, 0) is 6.54 Å². The number of thiophene rings is 1. The molecule has 0 bridgehead atoms. The van der Waals surface area contributed by atoms with Crippen molar-refractivity contribution < 1.29 is 4.79 Å². The highest BCUT2D eigenvalue weighted by molar-refractivity contribution is 7.10. The number of aryl methyl sites for hydroxylation is 1. The van der Waals surface area contributed by atoms with E-state index in [-0.39, 0.29) is 11.4 Å². The van der Waals surface area contributed by atoms with E-state index in [9.17, 15) is 10.1 Å². The first-order chi connectivity index (χ1) is 10.1. The van der Waals surface area contributed by atoms with Gasteiger partial charge < -0.3 is 4.57 Å². The molecule has 2 rings (SSSR count). The number of carbonyl (C=O) groups is 1. The minimum atomic E-state index is -0.227. The standard InChI is InChI=1S/C17H16N2OS/c1-4-7-19-12(2)9-16(13(19)3)17(20)14(11-18)10-15-6-5-8-21-15/h4-6,8-10H,1,7H2,2-3H3/b14-10+. The van der Waals surface area contributed by atoms with E-state index in [2.05, 4.69) is 6.58 Å². The van der Waals surface area contributed by atoms with E-state index in [0.29, 0.717) is 12.1 Å². The molecule has 0 radical (unpaired) electrons. The molecule has 4 heteroatoms. The summed E-state index contributed by atoms with van der Waals surface area (Å²) in [4.78, 5) is 13.5. The van der Waals surface area contributed by atoms with Gasteiger partial charge in [0.05, 0.1) is 0 Å². The van der Waals surface area contributed by atoms with Crippen LogP contribution in [0.5, 0.6) is 0 Å². The number of allylic oxidation sites excluding steroid dienone is 2. The van der Waals surface area contributed by atoms with Crippen LogP contribution in [0.3, 0.4) is 0 Å². The molecule has 3 nitrogen and oxygen atoms in total. The quantitative estimate of drug-likeness (QED) is 0.360. The largest absolute Gasteiger partial charge is 0.345 e. The van der Waals surface area contributed by atoms with Crippen molar-refractivity contribution >= 4 is 23.2 Å². The fraction of sp³-hybridized carbons (Fsp3) is 0.176. The molecule has 0 aliphatic rings. The van der Waals surface area contributed by atoms with Crippen molar-refractivity contribution in [2.45, 2.75) is 20.4 Å². The zero-order valence-electron chi connectivity index (χ0n) is 12.1. The smallest absolute Gasteiger partial charge is 0.205 e. The van der Waals surface area contributed by atoms with Gasteiger partial charge in [-0.05, 0) is 37.4 Å². The number of hydrogen-bond donors (Lipinski definition) is 0. The van der Waals surface area contributed by atoms with Crippen molar-refractivity contribution in [2.24, 2.45) is 0 Å². The lowest BCUT2D eigenvalue weighted by Gasteiger charge is -2.05. The van der Waals surface area contributed by atoms with Crippen LogP contribution in [0.4, 0.5) is 0 Å². The van der Waals surface area contributed by atoms with E-state index in [4.69, 9.17) is 0 Å². The Kier molecular flexibility index (Phi) is 4.56. The maximum Gasteiger partial charge on any atom is 0.205 e. The normalized spacial score (nSPS) is 11.2. The first kappa shape index (κ1) is 15.0. The van der Waals surface area contributed by atoms with Crippen molar-refractivity contribution in [1.29, 1.82) is 5.26 Å². The molecule has 2 heterocycles. The highest BCUT2D eigenvalue weighted by atomic mass is 32.1. The van der Waals surface area contributed by atoms with Crippen LogP contribution in [-0.4, -0.2) is 10.4 Å². The Morgan fingerprint density at radius 1 is 1.52 bits per heavy atom. The maximum absolute atomic E-state index is 12.6. The number of aromatic nitrogens is 1. The molecule has 0 atom stereocenters. The van der Waals surface area contributed by atoms with Gasteiger partial charge in [-0.25, -0.2) is 0 Å². The summed E-state index contributed by atoms with van der Waals surface area (Å²) in [7, 11) is 0. The second kappa shape index (κ2) is 6.38. The van der Waals surface area contributed by atoms with E-state index < -0.39 is 0 Å². The SMILES string of the molecule is C=CCn1c(C)cc(C(=O)/C(C#N)=C/c2cccs2)c1C. The summed E-state index contributed by atoms with van der Waals surface area (Å²) in [5.74, 6) is -0.227. The molecule has 0 unspecified atom stereocenters. The molecule has 106 valence electrons. The van der Waals surface area contributed by atoms with Crippen molar-refractivity contribution in [1.82, 2.24) is 4.57 Å². The Hall–Kier alpha value is -2.38. The first-order valence-corrected chi connectivity index (χ1v) is 7.44. The van der Waals surface area contributed by atoms with Gasteiger partial charge in [0.15, 0.2) is 0 Å². The van der Waals surface area contributed by atoms with E-state index in [1.165, 1.54) is 11.3 Å². The minimum Gasteiger partial charge on any atom is -0.345 e. The van der Waals surface area contributed by atoms with Crippen LogP contribution in [0, 0.1) is 25.2 Å². The van der Waals surface area contributed by atoms with E-state index in [1.807, 2.05) is 48.1 Å². The van der Waals surface area contributed by atoms with Crippen molar-refractivity contribution in [3.8, 4) is 6.07 Å². The van der Waals surface area contributed by atoms with Crippen molar-refractivity contribution in [3.05, 3.63) is 63.6 Å². The fourth-order valence-corrected chi connectivity index (χ4v) is 2.91. The van der Waals surface area contributed by atoms with Gasteiger partial charge in [-0.3, -0.25) is 4.79 Å². The van der Waals surface area contributed by atoms with Crippen LogP contribution in [0.15, 0.2) is 41.8 Å². The lowest BCUT2D eigenvalue weighted by atomic mass is 10.0. The molecule has 2 aromatic rings. The van der Waals surface area contributed by atoms with E-state index in [1.54, 1.807) is 12.2 Å². The Bertz CT molecular complexity index is 743. The average Bonchev–Trinajstić information content (AvgIpc) is 3.07. The van der Waals surface area contributed by atoms with Crippen molar-refractivity contribution in [3.63, 3.8) is 0 Å². The maximum atomic E-state index is 12.6. The highest BCUT2D eigenvalue weighted by Gasteiger charge is 2.18. The average molecular weight is 296 g/mol. The second-order valence-corrected chi connectivity index (χ2v) is 5.68. The summed E-state index contributed by atoms with van der Waals surface area (Å²) < 4.78 is 2.01. The number of Topliss-reactive ketones (excluding diaryl/α,β-unsaturated/α-hetero) is 1. The zero-order chi connectivity index (χ0) is 15.4. The monoisotopic (exact) mass is 296 g/mol. The van der Waals surface area contributed by atoms with Gasteiger partial charge in [0.2, 0.25) is 5.78 Å². The molecule has 0 aromatic carbocycles. The molecule has 2 aromatic heterocycles. The molecule has 0 aliphatic heterocycles. The van der Waals surface area contributed by atoms with Crippen LogP contribution >= 0.6 is 11.3 Å². The van der Waals surface area contributed by atoms with Crippen LogP contribution < -0.4 is 0 Å². The summed E-state index contributed by atoms with van der Waals surface area (Å²) in [6.45, 7) is 8.22. The number of nitriles is 1. The molecule has 21 heavy (non-hydrogen) atoms. The van der Waals surface area contributed by atoms with Gasteiger partial charge in [-0.2, -0.15) is 5.26 Å². The molecule has 0 N–H and O–H groups in total. The van der Waals surface area contributed by atoms with E-state index >= 15 is 0 Å². The molecule has 0 aliphatic carbocycles. The van der Waals surface area contributed by atoms with Gasteiger partial charge in [0.25, 0.3) is 0 Å². The number of ketones is 1. The van der Waals surface area contributed by atoms with Gasteiger partial charge in [0, 0.05) is 28.4 Å². The van der Waals surface area contributed by atoms with Crippen molar-refractivity contribution in [2.75, 3.05) is 0 Å². The summed E-state index contributed by atoms with van der Waals surface area (Å²) >= 11 is 1.50. The minimum absolute atomic E-state index is 0.163. The Balaban J connectivity index is 2.42. The second-order valence-electron chi connectivity index (χ2n) is 4.70. The molecule has 0 spiro atoms. The molecule has 0 saturated carbocycles. The topological polar surface area (TPSA) is 45.8 Å². The van der Waals surface area contributed by atoms with Crippen LogP contribution in [0.1, 0.15) is 26.6 Å². The predicted octanol–water partition coefficient (Wildman–Crippen LogP) is 4.14. The van der Waals surface area contributed by atoms with Crippen LogP contribution in [0.25, 0.3) is 6.08 Å². The first-order valence-electron chi connectivity index (χ1n) is 6.56. The van der Waals surface area contributed by atoms with Gasteiger partial charge in [-0.1, -0.05) is 12.1 Å². The molecule has 0 fully saturated rings.